The second-order valence-corrected chi connectivity index (χ2v) is 7.23. The Labute approximate surface area is 97.7 Å². The Balaban J connectivity index is 1.73. The summed E-state index contributed by atoms with van der Waals surface area (Å²) < 4.78 is 28.3. The Morgan fingerprint density at radius 3 is 2.69 bits per heavy atom. The molecule has 0 spiro atoms. The van der Waals surface area contributed by atoms with Gasteiger partial charge in [0, 0.05) is 24.9 Å². The number of sulfone groups is 1. The third kappa shape index (κ3) is 3.18. The van der Waals surface area contributed by atoms with Crippen LogP contribution in [0.2, 0.25) is 0 Å². The summed E-state index contributed by atoms with van der Waals surface area (Å²) >= 11 is 0. The predicted molar refractivity (Wildman–Crippen MR) is 63.2 cm³/mol. The Morgan fingerprint density at radius 1 is 1.31 bits per heavy atom. The van der Waals surface area contributed by atoms with Gasteiger partial charge in [-0.2, -0.15) is 0 Å². The Kier molecular flexibility index (Phi) is 3.87. The fourth-order valence-electron chi connectivity index (χ4n) is 2.26. The van der Waals surface area contributed by atoms with E-state index in [1.807, 2.05) is 0 Å². The lowest BCUT2D eigenvalue weighted by Crippen LogP contribution is -2.40. The summed E-state index contributed by atoms with van der Waals surface area (Å²) in [6, 6.07) is 0.375. The van der Waals surface area contributed by atoms with Crippen molar-refractivity contribution in [3.63, 3.8) is 0 Å². The van der Waals surface area contributed by atoms with Gasteiger partial charge < -0.3 is 10.1 Å². The van der Waals surface area contributed by atoms with E-state index in [9.17, 15) is 8.42 Å². The first-order chi connectivity index (χ1) is 7.62. The van der Waals surface area contributed by atoms with Gasteiger partial charge in [-0.25, -0.2) is 8.42 Å². The summed E-state index contributed by atoms with van der Waals surface area (Å²) in [5.41, 5.74) is 0. The van der Waals surface area contributed by atoms with Crippen LogP contribution in [-0.2, 0) is 14.6 Å². The van der Waals surface area contributed by atoms with Crippen LogP contribution in [0.4, 0.5) is 0 Å². The lowest BCUT2D eigenvalue weighted by atomic mass is 10.1. The van der Waals surface area contributed by atoms with Crippen molar-refractivity contribution in [1.29, 1.82) is 0 Å². The maximum atomic E-state index is 11.3. The van der Waals surface area contributed by atoms with Gasteiger partial charge in [-0.15, -0.1) is 0 Å². The van der Waals surface area contributed by atoms with E-state index in [2.05, 4.69) is 5.32 Å². The van der Waals surface area contributed by atoms with Crippen molar-refractivity contribution < 1.29 is 13.2 Å². The summed E-state index contributed by atoms with van der Waals surface area (Å²) in [5.74, 6) is 1.21. The van der Waals surface area contributed by atoms with Crippen molar-refractivity contribution in [3.8, 4) is 0 Å². The minimum atomic E-state index is -2.84. The lowest BCUT2D eigenvalue weighted by Gasteiger charge is -2.19. The third-order valence-corrected chi connectivity index (χ3v) is 5.19. The number of ether oxygens (including phenoxy) is 1. The van der Waals surface area contributed by atoms with Crippen LogP contribution in [0.25, 0.3) is 0 Å². The standard InChI is InChI=1S/C11H21NO3S/c1-2-16(13,14)8-6-12-10-5-7-15-11(10)9-3-4-9/h9-12H,2-8H2,1H3. The van der Waals surface area contributed by atoms with Crippen molar-refractivity contribution in [1.82, 2.24) is 5.32 Å². The molecule has 2 rings (SSSR count). The molecule has 2 atom stereocenters. The second kappa shape index (κ2) is 5.02. The molecule has 2 unspecified atom stereocenters. The molecular weight excluding hydrogens is 226 g/mol. The van der Waals surface area contributed by atoms with E-state index in [1.54, 1.807) is 6.92 Å². The molecule has 1 saturated carbocycles. The molecule has 5 heteroatoms. The maximum Gasteiger partial charge on any atom is 0.151 e. The van der Waals surface area contributed by atoms with Crippen LogP contribution >= 0.6 is 0 Å². The van der Waals surface area contributed by atoms with E-state index < -0.39 is 9.84 Å². The van der Waals surface area contributed by atoms with Gasteiger partial charge in [0.05, 0.1) is 11.9 Å². The van der Waals surface area contributed by atoms with Gasteiger partial charge >= 0.3 is 0 Å². The fourth-order valence-corrected chi connectivity index (χ4v) is 2.98. The zero-order valence-corrected chi connectivity index (χ0v) is 10.6. The molecule has 1 N–H and O–H groups in total. The summed E-state index contributed by atoms with van der Waals surface area (Å²) in [6.45, 7) is 3.08. The van der Waals surface area contributed by atoms with E-state index in [-0.39, 0.29) is 11.5 Å². The van der Waals surface area contributed by atoms with Gasteiger partial charge in [-0.3, -0.25) is 0 Å². The van der Waals surface area contributed by atoms with Crippen LogP contribution < -0.4 is 5.32 Å². The molecule has 1 heterocycles. The minimum absolute atomic E-state index is 0.238. The van der Waals surface area contributed by atoms with Crippen molar-refractivity contribution in [3.05, 3.63) is 0 Å². The first-order valence-electron chi connectivity index (χ1n) is 6.18. The molecule has 0 aromatic rings. The zero-order chi connectivity index (χ0) is 11.6. The van der Waals surface area contributed by atoms with E-state index in [4.69, 9.17) is 4.74 Å². The molecule has 1 saturated heterocycles. The van der Waals surface area contributed by atoms with Gasteiger partial charge in [0.15, 0.2) is 9.84 Å². The van der Waals surface area contributed by atoms with Crippen LogP contribution in [0.5, 0.6) is 0 Å². The molecule has 0 aromatic heterocycles. The van der Waals surface area contributed by atoms with Gasteiger partial charge in [0.2, 0.25) is 0 Å². The van der Waals surface area contributed by atoms with E-state index >= 15 is 0 Å². The van der Waals surface area contributed by atoms with Gasteiger partial charge in [-0.05, 0) is 25.2 Å². The third-order valence-electron chi connectivity index (χ3n) is 3.48. The summed E-state index contributed by atoms with van der Waals surface area (Å²) in [5, 5.41) is 3.34. The van der Waals surface area contributed by atoms with Crippen molar-refractivity contribution >= 4 is 9.84 Å². The second-order valence-electron chi connectivity index (χ2n) is 4.76. The molecule has 16 heavy (non-hydrogen) atoms. The largest absolute Gasteiger partial charge is 0.376 e. The van der Waals surface area contributed by atoms with Gasteiger partial charge in [0.25, 0.3) is 0 Å². The minimum Gasteiger partial charge on any atom is -0.376 e. The van der Waals surface area contributed by atoms with Crippen LogP contribution in [-0.4, -0.2) is 45.2 Å². The molecule has 2 aliphatic rings. The van der Waals surface area contributed by atoms with Crippen molar-refractivity contribution in [2.75, 3.05) is 24.7 Å². The number of hydrogen-bond donors (Lipinski definition) is 1. The molecule has 0 aromatic carbocycles. The Morgan fingerprint density at radius 2 is 2.06 bits per heavy atom. The predicted octanol–water partition coefficient (Wildman–Crippen LogP) is 0.578. The smallest absolute Gasteiger partial charge is 0.151 e. The number of nitrogens with one attached hydrogen (secondary N) is 1. The number of hydrogen-bond acceptors (Lipinski definition) is 4. The summed E-state index contributed by atoms with van der Waals surface area (Å²) in [6.07, 6.45) is 3.91. The van der Waals surface area contributed by atoms with E-state index in [1.165, 1.54) is 12.8 Å². The van der Waals surface area contributed by atoms with Crippen LogP contribution in [0, 0.1) is 5.92 Å². The molecule has 1 aliphatic carbocycles. The molecular formula is C11H21NO3S. The lowest BCUT2D eigenvalue weighted by molar-refractivity contribution is 0.0815. The zero-order valence-electron chi connectivity index (χ0n) is 9.81. The molecule has 0 radical (unpaired) electrons. The van der Waals surface area contributed by atoms with Crippen molar-refractivity contribution in [2.24, 2.45) is 5.92 Å². The number of rotatable bonds is 6. The topological polar surface area (TPSA) is 55.4 Å². The molecule has 0 amide bonds. The highest BCUT2D eigenvalue weighted by molar-refractivity contribution is 7.91. The molecule has 94 valence electrons. The quantitative estimate of drug-likeness (QED) is 0.746. The molecule has 4 nitrogen and oxygen atoms in total. The molecule has 2 fully saturated rings. The Bertz CT molecular complexity index is 324. The monoisotopic (exact) mass is 247 g/mol. The first kappa shape index (κ1) is 12.3. The van der Waals surface area contributed by atoms with Gasteiger partial charge in [0.1, 0.15) is 0 Å². The van der Waals surface area contributed by atoms with E-state index in [0.29, 0.717) is 18.7 Å². The highest BCUT2D eigenvalue weighted by Crippen LogP contribution is 2.38. The molecule has 0 bridgehead atoms. The summed E-state index contributed by atoms with van der Waals surface area (Å²) in [7, 11) is -2.84. The normalized spacial score (nSPS) is 30.8. The fraction of sp³-hybridized carbons (Fsp3) is 1.00. The van der Waals surface area contributed by atoms with Crippen LogP contribution in [0.1, 0.15) is 26.2 Å². The van der Waals surface area contributed by atoms with E-state index in [0.717, 1.165) is 18.9 Å². The van der Waals surface area contributed by atoms with Gasteiger partial charge in [-0.1, -0.05) is 6.92 Å². The van der Waals surface area contributed by atoms with Crippen molar-refractivity contribution in [2.45, 2.75) is 38.3 Å². The Hall–Kier alpha value is -0.130. The van der Waals surface area contributed by atoms with Crippen LogP contribution in [0.15, 0.2) is 0 Å². The van der Waals surface area contributed by atoms with Crippen LogP contribution in [0.3, 0.4) is 0 Å². The SMILES string of the molecule is CCS(=O)(=O)CCNC1CCOC1C1CC1. The summed E-state index contributed by atoms with van der Waals surface area (Å²) in [4.78, 5) is 0. The highest BCUT2D eigenvalue weighted by Gasteiger charge is 2.40. The first-order valence-corrected chi connectivity index (χ1v) is 8.00. The maximum absolute atomic E-state index is 11.3. The average Bonchev–Trinajstić information content (AvgIpc) is 2.99. The highest BCUT2D eigenvalue weighted by atomic mass is 32.2. The molecule has 1 aliphatic heterocycles. The average molecular weight is 247 g/mol.